The number of aromatic nitrogens is 2. The third-order valence-corrected chi connectivity index (χ3v) is 3.54. The van der Waals surface area contributed by atoms with Crippen molar-refractivity contribution >= 4 is 15.9 Å². The molecule has 1 aromatic rings. The summed E-state index contributed by atoms with van der Waals surface area (Å²) in [6, 6.07) is 0. The van der Waals surface area contributed by atoms with Gasteiger partial charge in [0.15, 0.2) is 0 Å². The molecule has 0 aliphatic rings. The van der Waals surface area contributed by atoms with E-state index in [2.05, 4.69) is 38.2 Å². The van der Waals surface area contributed by atoms with Crippen molar-refractivity contribution < 1.29 is 5.11 Å². The zero-order valence-electron chi connectivity index (χ0n) is 12.3. The predicted octanol–water partition coefficient (Wildman–Crippen LogP) is 1.41. The van der Waals surface area contributed by atoms with Crippen molar-refractivity contribution in [3.63, 3.8) is 0 Å². The summed E-state index contributed by atoms with van der Waals surface area (Å²) in [4.78, 5) is 2.10. The summed E-state index contributed by atoms with van der Waals surface area (Å²) in [7, 11) is 4.05. The summed E-state index contributed by atoms with van der Waals surface area (Å²) in [6.07, 6.45) is 2.80. The van der Waals surface area contributed by atoms with Crippen molar-refractivity contribution in [2.75, 3.05) is 33.7 Å². The Balaban J connectivity index is 2.81. The third-order valence-electron chi connectivity index (χ3n) is 2.96. The van der Waals surface area contributed by atoms with Crippen LogP contribution in [0.3, 0.4) is 0 Å². The molecule has 110 valence electrons. The van der Waals surface area contributed by atoms with Crippen LogP contribution in [0.4, 0.5) is 0 Å². The van der Waals surface area contributed by atoms with Gasteiger partial charge in [-0.3, -0.25) is 4.68 Å². The average molecular weight is 333 g/mol. The van der Waals surface area contributed by atoms with Gasteiger partial charge in [-0.05, 0) is 49.9 Å². The fourth-order valence-corrected chi connectivity index (χ4v) is 2.68. The number of hydrogen-bond donors (Lipinski definition) is 2. The van der Waals surface area contributed by atoms with Gasteiger partial charge in [-0.25, -0.2) is 0 Å². The van der Waals surface area contributed by atoms with Crippen LogP contribution >= 0.6 is 15.9 Å². The van der Waals surface area contributed by atoms with Gasteiger partial charge in [-0.15, -0.1) is 0 Å². The van der Waals surface area contributed by atoms with Gasteiger partial charge >= 0.3 is 0 Å². The summed E-state index contributed by atoms with van der Waals surface area (Å²) in [6.45, 7) is 7.01. The molecule has 1 unspecified atom stereocenters. The number of rotatable bonds is 8. The minimum Gasteiger partial charge on any atom is -0.382 e. The molecule has 0 bridgehead atoms. The molecule has 0 aliphatic heterocycles. The summed E-state index contributed by atoms with van der Waals surface area (Å²) in [5, 5.41) is 18.3. The Morgan fingerprint density at radius 1 is 1.53 bits per heavy atom. The Labute approximate surface area is 124 Å². The van der Waals surface area contributed by atoms with Crippen LogP contribution in [0.2, 0.25) is 0 Å². The van der Waals surface area contributed by atoms with Crippen LogP contribution in [0.5, 0.6) is 0 Å². The molecule has 19 heavy (non-hydrogen) atoms. The standard InChI is InChI=1S/C13H25BrN4O/c1-5-6-15-10-13(2,19)12-11(14)9-16-18(12)8-7-17(3)4/h9,15,19H,5-8,10H2,1-4H3. The first-order valence-electron chi connectivity index (χ1n) is 6.68. The van der Waals surface area contributed by atoms with Crippen molar-refractivity contribution in [1.82, 2.24) is 20.0 Å². The highest BCUT2D eigenvalue weighted by molar-refractivity contribution is 9.10. The molecule has 0 aliphatic carbocycles. The van der Waals surface area contributed by atoms with Gasteiger partial charge in [0.05, 0.1) is 22.9 Å². The van der Waals surface area contributed by atoms with Crippen LogP contribution in [0.25, 0.3) is 0 Å². The summed E-state index contributed by atoms with van der Waals surface area (Å²) in [5.74, 6) is 0. The largest absolute Gasteiger partial charge is 0.382 e. The average Bonchev–Trinajstić information content (AvgIpc) is 2.68. The molecule has 2 N–H and O–H groups in total. The first-order chi connectivity index (χ1) is 8.88. The van der Waals surface area contributed by atoms with Crippen molar-refractivity contribution in [3.8, 4) is 0 Å². The molecule has 0 aromatic carbocycles. The van der Waals surface area contributed by atoms with Gasteiger partial charge in [-0.2, -0.15) is 5.10 Å². The highest BCUT2D eigenvalue weighted by atomic mass is 79.9. The van der Waals surface area contributed by atoms with E-state index in [1.807, 2.05) is 25.7 Å². The lowest BCUT2D eigenvalue weighted by molar-refractivity contribution is 0.0465. The lowest BCUT2D eigenvalue weighted by Gasteiger charge is -2.26. The Hall–Kier alpha value is -0.430. The van der Waals surface area contributed by atoms with E-state index in [4.69, 9.17) is 0 Å². The summed E-state index contributed by atoms with van der Waals surface area (Å²) >= 11 is 3.48. The van der Waals surface area contributed by atoms with Crippen molar-refractivity contribution in [3.05, 3.63) is 16.4 Å². The minimum absolute atomic E-state index is 0.521. The van der Waals surface area contributed by atoms with Gasteiger partial charge in [0.2, 0.25) is 0 Å². The number of likely N-dealkylation sites (N-methyl/N-ethyl adjacent to an activating group) is 1. The molecule has 6 heteroatoms. The van der Waals surface area contributed by atoms with Crippen LogP contribution in [0.15, 0.2) is 10.7 Å². The molecule has 1 rings (SSSR count). The molecule has 1 heterocycles. The Morgan fingerprint density at radius 2 is 2.21 bits per heavy atom. The van der Waals surface area contributed by atoms with Gasteiger partial charge < -0.3 is 15.3 Å². The van der Waals surface area contributed by atoms with Crippen LogP contribution in [0, 0.1) is 0 Å². The predicted molar refractivity (Wildman–Crippen MR) is 81.2 cm³/mol. The van der Waals surface area contributed by atoms with E-state index in [1.54, 1.807) is 6.20 Å². The first kappa shape index (κ1) is 16.6. The molecule has 0 saturated heterocycles. The van der Waals surface area contributed by atoms with Crippen LogP contribution in [-0.4, -0.2) is 53.5 Å². The summed E-state index contributed by atoms with van der Waals surface area (Å²) < 4.78 is 2.73. The molecule has 0 saturated carbocycles. The van der Waals surface area contributed by atoms with Crippen molar-refractivity contribution in [2.24, 2.45) is 0 Å². The van der Waals surface area contributed by atoms with E-state index in [0.29, 0.717) is 6.54 Å². The highest BCUT2D eigenvalue weighted by Gasteiger charge is 2.29. The maximum Gasteiger partial charge on any atom is 0.117 e. The molecule has 0 amide bonds. The van der Waals surface area contributed by atoms with Crippen LogP contribution in [0.1, 0.15) is 26.0 Å². The van der Waals surface area contributed by atoms with Crippen LogP contribution < -0.4 is 5.32 Å². The fourth-order valence-electron chi connectivity index (χ4n) is 1.95. The first-order valence-corrected chi connectivity index (χ1v) is 7.47. The second-order valence-corrected chi connectivity index (χ2v) is 6.17. The zero-order valence-corrected chi connectivity index (χ0v) is 13.9. The number of nitrogens with zero attached hydrogens (tertiary/aromatic N) is 3. The SMILES string of the molecule is CCCNCC(C)(O)c1c(Br)cnn1CCN(C)C. The maximum absolute atomic E-state index is 10.7. The monoisotopic (exact) mass is 332 g/mol. The molecular weight excluding hydrogens is 308 g/mol. The molecule has 0 radical (unpaired) electrons. The number of hydrogen-bond acceptors (Lipinski definition) is 4. The second-order valence-electron chi connectivity index (χ2n) is 5.32. The number of nitrogens with one attached hydrogen (secondary N) is 1. The van der Waals surface area contributed by atoms with E-state index in [-0.39, 0.29) is 0 Å². The number of aliphatic hydroxyl groups is 1. The molecular formula is C13H25BrN4O. The van der Waals surface area contributed by atoms with Crippen molar-refractivity contribution in [2.45, 2.75) is 32.4 Å². The Morgan fingerprint density at radius 3 is 2.79 bits per heavy atom. The zero-order chi connectivity index (χ0) is 14.5. The van der Waals surface area contributed by atoms with E-state index in [9.17, 15) is 5.11 Å². The molecule has 0 spiro atoms. The van der Waals surface area contributed by atoms with Crippen molar-refractivity contribution in [1.29, 1.82) is 0 Å². The smallest absolute Gasteiger partial charge is 0.117 e. The topological polar surface area (TPSA) is 53.3 Å². The maximum atomic E-state index is 10.7. The summed E-state index contributed by atoms with van der Waals surface area (Å²) in [5.41, 5.74) is -0.102. The van der Waals surface area contributed by atoms with Gasteiger partial charge in [0.25, 0.3) is 0 Å². The normalized spacial score (nSPS) is 14.9. The lowest BCUT2D eigenvalue weighted by Crippen LogP contribution is -2.38. The Kier molecular flexibility index (Phi) is 6.46. The van der Waals surface area contributed by atoms with Gasteiger partial charge in [0.1, 0.15) is 5.60 Å². The second kappa shape index (κ2) is 7.38. The van der Waals surface area contributed by atoms with Crippen LogP contribution in [-0.2, 0) is 12.1 Å². The van der Waals surface area contributed by atoms with Gasteiger partial charge in [-0.1, -0.05) is 6.92 Å². The number of halogens is 1. The quantitative estimate of drug-likeness (QED) is 0.707. The molecule has 1 atom stereocenters. The van der Waals surface area contributed by atoms with E-state index < -0.39 is 5.60 Å². The molecule has 1 aromatic heterocycles. The molecule has 5 nitrogen and oxygen atoms in total. The lowest BCUT2D eigenvalue weighted by atomic mass is 10.0. The Bertz CT molecular complexity index is 390. The molecule has 0 fully saturated rings. The van der Waals surface area contributed by atoms with E-state index in [1.165, 1.54) is 0 Å². The fraction of sp³-hybridized carbons (Fsp3) is 0.769. The van der Waals surface area contributed by atoms with E-state index >= 15 is 0 Å². The third kappa shape index (κ3) is 4.87. The highest BCUT2D eigenvalue weighted by Crippen LogP contribution is 2.27. The van der Waals surface area contributed by atoms with E-state index in [0.717, 1.165) is 36.2 Å². The minimum atomic E-state index is -0.934. The van der Waals surface area contributed by atoms with Gasteiger partial charge in [0, 0.05) is 13.1 Å².